The van der Waals surface area contributed by atoms with Crippen molar-refractivity contribution in [1.82, 2.24) is 10.2 Å². The van der Waals surface area contributed by atoms with E-state index in [4.69, 9.17) is 4.74 Å². The van der Waals surface area contributed by atoms with Gasteiger partial charge in [0.1, 0.15) is 23.5 Å². The molecule has 1 heterocycles. The summed E-state index contributed by atoms with van der Waals surface area (Å²) >= 11 is 0. The molecule has 3 rings (SSSR count). The number of carbonyl (C=O) groups excluding carboxylic acids is 2. The van der Waals surface area contributed by atoms with Crippen molar-refractivity contribution >= 4 is 12.0 Å². The summed E-state index contributed by atoms with van der Waals surface area (Å²) in [6.07, 6.45) is -4.20. The molecule has 1 aromatic carbocycles. The number of hydrogen-bond acceptors (Lipinski definition) is 3. The van der Waals surface area contributed by atoms with Crippen molar-refractivity contribution in [3.63, 3.8) is 0 Å². The van der Waals surface area contributed by atoms with E-state index in [1.807, 2.05) is 0 Å². The molecule has 0 unspecified atom stereocenters. The highest BCUT2D eigenvalue weighted by Crippen LogP contribution is 2.34. The minimum atomic E-state index is -4.69. The van der Waals surface area contributed by atoms with Gasteiger partial charge in [0, 0.05) is 23.6 Å². The van der Waals surface area contributed by atoms with Crippen LogP contribution in [0.4, 0.5) is 22.4 Å². The highest BCUT2D eigenvalue weighted by atomic mass is 19.4. The van der Waals surface area contributed by atoms with Crippen LogP contribution in [0.2, 0.25) is 0 Å². The Morgan fingerprint density at radius 1 is 1.19 bits per heavy atom. The number of nitrogens with one attached hydrogen (secondary N) is 1. The zero-order valence-corrected chi connectivity index (χ0v) is 18.2. The van der Waals surface area contributed by atoms with Crippen LogP contribution in [0.1, 0.15) is 57.6 Å². The van der Waals surface area contributed by atoms with Crippen molar-refractivity contribution < 1.29 is 31.9 Å². The van der Waals surface area contributed by atoms with Crippen molar-refractivity contribution in [2.45, 2.75) is 76.9 Å². The molecule has 1 saturated carbocycles. The van der Waals surface area contributed by atoms with Crippen LogP contribution < -0.4 is 5.32 Å². The van der Waals surface area contributed by atoms with E-state index in [2.05, 4.69) is 17.2 Å². The SMILES string of the molecule is CC(C)(C)OC(=O)N[C@@H]1CC[C@@H](C(F)(F)F)N(Cc2cc(C#CC3CC3)ccc2F)C1=O. The van der Waals surface area contributed by atoms with Crippen LogP contribution >= 0.6 is 0 Å². The van der Waals surface area contributed by atoms with Crippen molar-refractivity contribution in [2.75, 3.05) is 0 Å². The fourth-order valence-corrected chi connectivity index (χ4v) is 3.44. The van der Waals surface area contributed by atoms with Gasteiger partial charge >= 0.3 is 12.3 Å². The number of benzene rings is 1. The minimum absolute atomic E-state index is 0.0619. The molecule has 32 heavy (non-hydrogen) atoms. The van der Waals surface area contributed by atoms with Crippen LogP contribution in [0.15, 0.2) is 18.2 Å². The molecule has 2 amide bonds. The van der Waals surface area contributed by atoms with Crippen LogP contribution in [-0.4, -0.2) is 40.8 Å². The maximum Gasteiger partial charge on any atom is 0.408 e. The molecule has 1 aliphatic heterocycles. The highest BCUT2D eigenvalue weighted by Gasteiger charge is 2.50. The lowest BCUT2D eigenvalue weighted by atomic mass is 9.95. The third-order valence-electron chi connectivity index (χ3n) is 5.14. The molecular formula is C23H26F4N2O3. The summed E-state index contributed by atoms with van der Waals surface area (Å²) in [5, 5.41) is 2.34. The normalized spacial score (nSPS) is 21.6. The van der Waals surface area contributed by atoms with Gasteiger partial charge < -0.3 is 15.0 Å². The van der Waals surface area contributed by atoms with Gasteiger partial charge in [-0.15, -0.1) is 0 Å². The lowest BCUT2D eigenvalue weighted by Crippen LogP contribution is -2.59. The zero-order chi connectivity index (χ0) is 23.7. The Kier molecular flexibility index (Phi) is 6.72. The molecule has 2 atom stereocenters. The molecule has 1 aliphatic carbocycles. The monoisotopic (exact) mass is 454 g/mol. The number of piperidine rings is 1. The van der Waals surface area contributed by atoms with Crippen molar-refractivity contribution in [3.8, 4) is 11.8 Å². The van der Waals surface area contributed by atoms with Gasteiger partial charge in [-0.2, -0.15) is 13.2 Å². The average molecular weight is 454 g/mol. The molecule has 9 heteroatoms. The summed E-state index contributed by atoms with van der Waals surface area (Å²) in [5.41, 5.74) is -0.418. The summed E-state index contributed by atoms with van der Waals surface area (Å²) in [6.45, 7) is 4.30. The molecule has 1 N–H and O–H groups in total. The summed E-state index contributed by atoms with van der Waals surface area (Å²) in [6, 6.07) is 0.702. The van der Waals surface area contributed by atoms with E-state index >= 15 is 0 Å². The fraction of sp³-hybridized carbons (Fsp3) is 0.565. The van der Waals surface area contributed by atoms with Gasteiger partial charge in [0.15, 0.2) is 0 Å². The zero-order valence-electron chi connectivity index (χ0n) is 18.2. The minimum Gasteiger partial charge on any atom is -0.444 e. The van der Waals surface area contributed by atoms with Gasteiger partial charge in [-0.3, -0.25) is 4.79 Å². The second-order valence-electron chi connectivity index (χ2n) is 9.15. The Morgan fingerprint density at radius 2 is 1.88 bits per heavy atom. The Labute approximate surface area is 184 Å². The molecule has 5 nitrogen and oxygen atoms in total. The van der Waals surface area contributed by atoms with Crippen LogP contribution in [0.5, 0.6) is 0 Å². The molecule has 1 aromatic rings. The van der Waals surface area contributed by atoms with E-state index in [1.165, 1.54) is 12.1 Å². The predicted molar refractivity (Wildman–Crippen MR) is 109 cm³/mol. The van der Waals surface area contributed by atoms with Crippen molar-refractivity contribution in [1.29, 1.82) is 0 Å². The second-order valence-corrected chi connectivity index (χ2v) is 9.15. The number of hydrogen-bond donors (Lipinski definition) is 1. The van der Waals surface area contributed by atoms with E-state index in [9.17, 15) is 27.2 Å². The number of halogens is 4. The van der Waals surface area contributed by atoms with Gasteiger partial charge in [0.05, 0.1) is 0 Å². The van der Waals surface area contributed by atoms with E-state index in [-0.39, 0.29) is 12.0 Å². The molecular weight excluding hydrogens is 428 g/mol. The topological polar surface area (TPSA) is 58.6 Å². The lowest BCUT2D eigenvalue weighted by molar-refractivity contribution is -0.199. The van der Waals surface area contributed by atoms with Gasteiger partial charge in [-0.1, -0.05) is 11.8 Å². The number of likely N-dealkylation sites (tertiary alicyclic amines) is 1. The molecule has 2 aliphatic rings. The highest BCUT2D eigenvalue weighted by molar-refractivity contribution is 5.86. The second kappa shape index (κ2) is 9.00. The van der Waals surface area contributed by atoms with Crippen LogP contribution in [-0.2, 0) is 16.1 Å². The van der Waals surface area contributed by atoms with E-state index in [0.29, 0.717) is 16.4 Å². The first kappa shape index (κ1) is 23.9. The number of ether oxygens (including phenoxy) is 1. The standard InChI is InChI=1S/C23H26F4N2O3/c1-22(2,3)32-21(31)28-18-10-11-19(23(25,26)27)29(20(18)30)13-16-12-15(8-9-17(16)24)7-6-14-4-5-14/h8-9,12,14,18-19H,4-5,10-11,13H2,1-3H3,(H,28,31)/t18-,19+/m1/s1. The number of nitrogens with zero attached hydrogens (tertiary/aromatic N) is 1. The molecule has 0 aromatic heterocycles. The third kappa shape index (κ3) is 6.38. The van der Waals surface area contributed by atoms with Crippen molar-refractivity contribution in [3.05, 3.63) is 35.1 Å². The van der Waals surface area contributed by atoms with E-state index < -0.39 is 54.6 Å². The number of alkyl carbamates (subject to hydrolysis) is 1. The quantitative estimate of drug-likeness (QED) is 0.539. The largest absolute Gasteiger partial charge is 0.444 e. The van der Waals surface area contributed by atoms with Gasteiger partial charge in [-0.05, 0) is 64.7 Å². The summed E-state index contributed by atoms with van der Waals surface area (Å²) in [5.74, 6) is 4.57. The third-order valence-corrected chi connectivity index (χ3v) is 5.14. The molecule has 0 radical (unpaired) electrons. The molecule has 174 valence electrons. The number of carbonyl (C=O) groups is 2. The molecule has 0 spiro atoms. The molecule has 2 fully saturated rings. The lowest BCUT2D eigenvalue weighted by Gasteiger charge is -2.40. The predicted octanol–water partition coefficient (Wildman–Crippen LogP) is 4.53. The number of rotatable bonds is 3. The van der Waals surface area contributed by atoms with E-state index in [1.54, 1.807) is 20.8 Å². The summed E-state index contributed by atoms with van der Waals surface area (Å²) < 4.78 is 60.5. The molecule has 0 bridgehead atoms. The maximum atomic E-state index is 14.4. The first-order valence-corrected chi connectivity index (χ1v) is 10.5. The van der Waals surface area contributed by atoms with Gasteiger partial charge in [0.2, 0.25) is 5.91 Å². The van der Waals surface area contributed by atoms with Crippen LogP contribution in [0.25, 0.3) is 0 Å². The van der Waals surface area contributed by atoms with E-state index in [0.717, 1.165) is 18.9 Å². The van der Waals surface area contributed by atoms with Crippen LogP contribution in [0, 0.1) is 23.6 Å². The summed E-state index contributed by atoms with van der Waals surface area (Å²) in [4.78, 5) is 25.5. The Morgan fingerprint density at radius 3 is 2.47 bits per heavy atom. The first-order valence-electron chi connectivity index (χ1n) is 10.5. The Bertz CT molecular complexity index is 939. The molecule has 1 saturated heterocycles. The van der Waals surface area contributed by atoms with Gasteiger partial charge in [-0.25, -0.2) is 9.18 Å². The number of alkyl halides is 3. The first-order chi connectivity index (χ1) is 14.8. The fourth-order valence-electron chi connectivity index (χ4n) is 3.44. The Balaban J connectivity index is 1.82. The van der Waals surface area contributed by atoms with Gasteiger partial charge in [0.25, 0.3) is 0 Å². The van der Waals surface area contributed by atoms with Crippen LogP contribution in [0.3, 0.4) is 0 Å². The van der Waals surface area contributed by atoms with Crippen molar-refractivity contribution in [2.24, 2.45) is 5.92 Å². The average Bonchev–Trinajstić information content (AvgIpc) is 3.47. The maximum absolute atomic E-state index is 14.4. The Hall–Kier alpha value is -2.76. The summed E-state index contributed by atoms with van der Waals surface area (Å²) in [7, 11) is 0. The number of amides is 2. The smallest absolute Gasteiger partial charge is 0.408 e.